The van der Waals surface area contributed by atoms with E-state index in [1.165, 1.54) is 23.5 Å². The quantitative estimate of drug-likeness (QED) is 0.917. The predicted molar refractivity (Wildman–Crippen MR) is 84.2 cm³/mol. The molecule has 1 N–H and O–H groups in total. The lowest BCUT2D eigenvalue weighted by molar-refractivity contribution is 0.561. The fourth-order valence-corrected chi connectivity index (χ4v) is 4.58. The fraction of sp³-hybridized carbons (Fsp3) is 0.286. The second-order valence-corrected chi connectivity index (χ2v) is 7.53. The van der Waals surface area contributed by atoms with Crippen molar-refractivity contribution in [2.75, 3.05) is 18.0 Å². The summed E-state index contributed by atoms with van der Waals surface area (Å²) in [6.45, 7) is 1.35. The van der Waals surface area contributed by atoms with E-state index in [0.29, 0.717) is 13.0 Å². The molecule has 2 aromatic rings. The maximum atomic E-state index is 12.5. The maximum Gasteiger partial charge on any atom is 0.242 e. The lowest BCUT2D eigenvalue weighted by Gasteiger charge is -2.16. The molecule has 0 radical (unpaired) electrons. The highest BCUT2D eigenvalue weighted by molar-refractivity contribution is 7.89. The molecule has 22 heavy (non-hydrogen) atoms. The zero-order chi connectivity index (χ0) is 15.6. The summed E-state index contributed by atoms with van der Waals surface area (Å²) in [6.07, 6.45) is 2.45. The summed E-state index contributed by atoms with van der Waals surface area (Å²) < 4.78 is 27.6. The van der Waals surface area contributed by atoms with Gasteiger partial charge in [-0.15, -0.1) is 11.3 Å². The van der Waals surface area contributed by atoms with E-state index < -0.39 is 10.0 Å². The van der Waals surface area contributed by atoms with E-state index in [1.807, 2.05) is 11.4 Å². The van der Waals surface area contributed by atoms with E-state index in [9.17, 15) is 8.42 Å². The summed E-state index contributed by atoms with van der Waals surface area (Å²) in [5.74, 6) is 0. The summed E-state index contributed by atoms with van der Waals surface area (Å²) >= 11 is 1.54. The Hall–Kier alpha value is -1.95. The van der Waals surface area contributed by atoms with Crippen LogP contribution in [0, 0.1) is 11.3 Å². The smallest absolute Gasteiger partial charge is 0.242 e. The number of nitrogens with zero attached hydrogens (tertiary/aromatic N) is 3. The summed E-state index contributed by atoms with van der Waals surface area (Å²) in [5, 5.41) is 11.9. The first-order valence-electron chi connectivity index (χ1n) is 6.76. The van der Waals surface area contributed by atoms with Crippen LogP contribution in [0.4, 0.5) is 5.13 Å². The largest absolute Gasteiger partial charge is 0.346 e. The third-order valence-corrected chi connectivity index (χ3v) is 5.91. The highest BCUT2D eigenvalue weighted by atomic mass is 32.2. The number of sulfonamides is 1. The molecular formula is C14H14N4O2S2. The van der Waals surface area contributed by atoms with Gasteiger partial charge in [0.2, 0.25) is 10.0 Å². The van der Waals surface area contributed by atoms with Crippen LogP contribution in [-0.4, -0.2) is 32.5 Å². The molecule has 114 valence electrons. The van der Waals surface area contributed by atoms with E-state index in [2.05, 4.69) is 14.6 Å². The van der Waals surface area contributed by atoms with Crippen molar-refractivity contribution in [2.45, 2.75) is 17.4 Å². The van der Waals surface area contributed by atoms with Crippen molar-refractivity contribution in [1.82, 2.24) is 9.71 Å². The third kappa shape index (κ3) is 2.97. The van der Waals surface area contributed by atoms with E-state index in [-0.39, 0.29) is 16.5 Å². The lowest BCUT2D eigenvalue weighted by Crippen LogP contribution is -2.37. The minimum absolute atomic E-state index is 0.0326. The van der Waals surface area contributed by atoms with Gasteiger partial charge < -0.3 is 4.90 Å². The minimum Gasteiger partial charge on any atom is -0.346 e. The maximum absolute atomic E-state index is 12.5. The van der Waals surface area contributed by atoms with E-state index in [0.717, 1.165) is 11.7 Å². The Morgan fingerprint density at radius 1 is 1.41 bits per heavy atom. The predicted octanol–water partition coefficient (Wildman–Crippen LogP) is 1.57. The van der Waals surface area contributed by atoms with Gasteiger partial charge in [-0.2, -0.15) is 5.26 Å². The van der Waals surface area contributed by atoms with Crippen molar-refractivity contribution in [2.24, 2.45) is 0 Å². The topological polar surface area (TPSA) is 86.1 Å². The summed E-state index contributed by atoms with van der Waals surface area (Å²) in [4.78, 5) is 6.34. The molecule has 2 heterocycles. The number of rotatable bonds is 4. The number of anilines is 1. The first kappa shape index (κ1) is 15.0. The van der Waals surface area contributed by atoms with Crippen LogP contribution in [0.2, 0.25) is 0 Å². The molecule has 1 aliphatic heterocycles. The van der Waals surface area contributed by atoms with Crippen molar-refractivity contribution < 1.29 is 8.42 Å². The number of benzene rings is 1. The molecule has 1 atom stereocenters. The van der Waals surface area contributed by atoms with Gasteiger partial charge in [-0.25, -0.2) is 18.1 Å². The Morgan fingerprint density at radius 3 is 2.95 bits per heavy atom. The average Bonchev–Trinajstić information content (AvgIpc) is 3.17. The molecule has 1 saturated heterocycles. The molecule has 0 saturated carbocycles. The standard InChI is InChI=1S/C14H14N4O2S2/c15-9-11-3-1-2-4-13(11)22(19,20)17-12-5-7-18(10-12)14-16-6-8-21-14/h1-4,6,8,12,17H,5,7,10H2. The normalized spacial score (nSPS) is 18.3. The molecule has 0 bridgehead atoms. The molecule has 1 aromatic carbocycles. The van der Waals surface area contributed by atoms with Crippen LogP contribution in [0.25, 0.3) is 0 Å². The van der Waals surface area contributed by atoms with Crippen molar-refractivity contribution in [3.63, 3.8) is 0 Å². The number of nitriles is 1. The molecule has 0 amide bonds. The minimum atomic E-state index is -3.69. The first-order chi connectivity index (χ1) is 10.6. The Kier molecular flexibility index (Phi) is 4.11. The van der Waals surface area contributed by atoms with Gasteiger partial charge in [0.05, 0.1) is 10.5 Å². The van der Waals surface area contributed by atoms with Gasteiger partial charge in [0.1, 0.15) is 6.07 Å². The number of thiazole rings is 1. The van der Waals surface area contributed by atoms with Crippen molar-refractivity contribution in [3.05, 3.63) is 41.4 Å². The molecule has 1 fully saturated rings. The highest BCUT2D eigenvalue weighted by Crippen LogP contribution is 2.23. The van der Waals surface area contributed by atoms with Gasteiger partial charge in [0, 0.05) is 30.7 Å². The molecule has 3 rings (SSSR count). The van der Waals surface area contributed by atoms with Gasteiger partial charge in [0.25, 0.3) is 0 Å². The Morgan fingerprint density at radius 2 is 2.23 bits per heavy atom. The Labute approximate surface area is 133 Å². The molecule has 8 heteroatoms. The van der Waals surface area contributed by atoms with Gasteiger partial charge in [-0.05, 0) is 18.6 Å². The SMILES string of the molecule is N#Cc1ccccc1S(=O)(=O)NC1CCN(c2nccs2)C1. The van der Waals surface area contributed by atoms with Crippen LogP contribution in [0.3, 0.4) is 0 Å². The number of nitrogens with one attached hydrogen (secondary N) is 1. The zero-order valence-corrected chi connectivity index (χ0v) is 13.3. The van der Waals surface area contributed by atoms with Crippen molar-refractivity contribution in [3.8, 4) is 6.07 Å². The number of aromatic nitrogens is 1. The van der Waals surface area contributed by atoms with Crippen molar-refractivity contribution in [1.29, 1.82) is 5.26 Å². The molecule has 1 aliphatic rings. The van der Waals surface area contributed by atoms with Crippen LogP contribution < -0.4 is 9.62 Å². The van der Waals surface area contributed by atoms with Crippen LogP contribution >= 0.6 is 11.3 Å². The molecule has 0 aliphatic carbocycles. The van der Waals surface area contributed by atoms with E-state index >= 15 is 0 Å². The summed E-state index contributed by atoms with van der Waals surface area (Å²) in [6, 6.07) is 7.96. The monoisotopic (exact) mass is 334 g/mol. The van der Waals surface area contributed by atoms with Crippen LogP contribution in [0.15, 0.2) is 40.7 Å². The summed E-state index contributed by atoms with van der Waals surface area (Å²) in [5.41, 5.74) is 0.157. The van der Waals surface area contributed by atoms with E-state index in [4.69, 9.17) is 5.26 Å². The number of hydrogen-bond acceptors (Lipinski definition) is 6. The molecule has 6 nitrogen and oxygen atoms in total. The summed E-state index contributed by atoms with van der Waals surface area (Å²) in [7, 11) is -3.69. The third-order valence-electron chi connectivity index (χ3n) is 3.50. The molecule has 0 spiro atoms. The second-order valence-electron chi connectivity index (χ2n) is 4.98. The van der Waals surface area contributed by atoms with Crippen LogP contribution in [-0.2, 0) is 10.0 Å². The molecule has 1 unspecified atom stereocenters. The zero-order valence-electron chi connectivity index (χ0n) is 11.6. The average molecular weight is 334 g/mol. The second kappa shape index (κ2) is 6.04. The Bertz CT molecular complexity index is 797. The fourth-order valence-electron chi connectivity index (χ4n) is 2.48. The molecular weight excluding hydrogens is 320 g/mol. The highest BCUT2D eigenvalue weighted by Gasteiger charge is 2.29. The van der Waals surface area contributed by atoms with Gasteiger partial charge >= 0.3 is 0 Å². The van der Waals surface area contributed by atoms with E-state index in [1.54, 1.807) is 18.3 Å². The van der Waals surface area contributed by atoms with Crippen LogP contribution in [0.5, 0.6) is 0 Å². The number of hydrogen-bond donors (Lipinski definition) is 1. The van der Waals surface area contributed by atoms with Gasteiger partial charge in [-0.3, -0.25) is 0 Å². The van der Waals surface area contributed by atoms with Crippen LogP contribution in [0.1, 0.15) is 12.0 Å². The lowest BCUT2D eigenvalue weighted by atomic mass is 10.2. The first-order valence-corrected chi connectivity index (χ1v) is 9.12. The van der Waals surface area contributed by atoms with Crippen molar-refractivity contribution >= 4 is 26.5 Å². The molecule has 1 aromatic heterocycles. The van der Waals surface area contributed by atoms with Gasteiger partial charge in [-0.1, -0.05) is 12.1 Å². The Balaban J connectivity index is 1.75. The van der Waals surface area contributed by atoms with Gasteiger partial charge in [0.15, 0.2) is 5.13 Å².